The van der Waals surface area contributed by atoms with Crippen molar-refractivity contribution in [2.24, 2.45) is 5.10 Å². The highest BCUT2D eigenvalue weighted by Gasteiger charge is 2.50. The standard InChI is InChI=1S/C19H33N5O2/c1-7-10-20-22(6)16-8-9-17(21(16)5)23-12-14-11-15(13-23)24(14)18(25)26-19(2,3)4/h9-10,14-16H,7-8,11-13H2,1-6H3/b20-10-. The van der Waals surface area contributed by atoms with Crippen LogP contribution in [-0.4, -0.2) is 83.1 Å². The van der Waals surface area contributed by atoms with Crippen LogP contribution in [0.2, 0.25) is 0 Å². The maximum Gasteiger partial charge on any atom is 0.410 e. The number of carbonyl (C=O) groups is 1. The molecule has 4 aliphatic heterocycles. The minimum atomic E-state index is -0.439. The molecule has 4 rings (SSSR count). The number of carbonyl (C=O) groups excluding carboxylic acids is 1. The Morgan fingerprint density at radius 2 is 2.04 bits per heavy atom. The van der Waals surface area contributed by atoms with Gasteiger partial charge in [-0.1, -0.05) is 6.92 Å². The normalized spacial score (nSPS) is 28.3. The van der Waals surface area contributed by atoms with Crippen molar-refractivity contribution in [1.82, 2.24) is 19.7 Å². The van der Waals surface area contributed by atoms with Gasteiger partial charge in [-0.3, -0.25) is 9.91 Å². The van der Waals surface area contributed by atoms with Gasteiger partial charge in [0.25, 0.3) is 0 Å². The molecule has 7 nitrogen and oxygen atoms in total. The number of hydrazone groups is 1. The monoisotopic (exact) mass is 363 g/mol. The maximum absolute atomic E-state index is 12.4. The second kappa shape index (κ2) is 7.00. The molecule has 0 saturated carbocycles. The lowest BCUT2D eigenvalue weighted by Crippen LogP contribution is -2.70. The summed E-state index contributed by atoms with van der Waals surface area (Å²) in [6, 6.07) is 0.514. The molecule has 3 fully saturated rings. The van der Waals surface area contributed by atoms with Crippen molar-refractivity contribution >= 4 is 12.3 Å². The summed E-state index contributed by atoms with van der Waals surface area (Å²) < 4.78 is 5.57. The van der Waals surface area contributed by atoms with Crippen molar-refractivity contribution in [3.8, 4) is 0 Å². The first-order valence-electron chi connectivity index (χ1n) is 9.65. The molecule has 0 aromatic rings. The van der Waals surface area contributed by atoms with Gasteiger partial charge in [0.15, 0.2) is 0 Å². The van der Waals surface area contributed by atoms with Crippen LogP contribution >= 0.6 is 0 Å². The van der Waals surface area contributed by atoms with E-state index in [9.17, 15) is 4.79 Å². The lowest BCUT2D eigenvalue weighted by atomic mass is 9.88. The SMILES string of the molecule is CC/C=N\N(C)C1CC=C(N2CC3CC(C2)N3C(=O)OC(C)(C)C)N1C. The highest BCUT2D eigenvalue weighted by Crippen LogP contribution is 2.37. The molecule has 4 heterocycles. The van der Waals surface area contributed by atoms with Gasteiger partial charge in [-0.25, -0.2) is 4.79 Å². The van der Waals surface area contributed by atoms with Gasteiger partial charge in [-0.2, -0.15) is 5.10 Å². The van der Waals surface area contributed by atoms with Gasteiger partial charge >= 0.3 is 6.09 Å². The molecule has 26 heavy (non-hydrogen) atoms. The van der Waals surface area contributed by atoms with E-state index in [-0.39, 0.29) is 24.3 Å². The number of rotatable bonds is 4. The van der Waals surface area contributed by atoms with E-state index in [1.54, 1.807) is 0 Å². The smallest absolute Gasteiger partial charge is 0.410 e. The molecular formula is C19H33N5O2. The summed E-state index contributed by atoms with van der Waals surface area (Å²) in [6.45, 7) is 9.60. The molecule has 3 unspecified atom stereocenters. The Morgan fingerprint density at radius 3 is 2.62 bits per heavy atom. The zero-order valence-corrected chi connectivity index (χ0v) is 17.0. The van der Waals surface area contributed by atoms with Gasteiger partial charge in [-0.15, -0.1) is 0 Å². The number of hydrogen-bond acceptors (Lipinski definition) is 6. The molecule has 0 aliphatic carbocycles. The predicted molar refractivity (Wildman–Crippen MR) is 103 cm³/mol. The molecule has 0 N–H and O–H groups in total. The first-order chi connectivity index (χ1) is 12.2. The molecule has 1 amide bonds. The van der Waals surface area contributed by atoms with Crippen molar-refractivity contribution in [2.45, 2.75) is 70.8 Å². The zero-order valence-electron chi connectivity index (χ0n) is 17.0. The Morgan fingerprint density at radius 1 is 1.38 bits per heavy atom. The number of ether oxygens (including phenoxy) is 1. The Labute approximate surface area is 157 Å². The fourth-order valence-electron chi connectivity index (χ4n) is 4.12. The minimum Gasteiger partial charge on any atom is -0.444 e. The predicted octanol–water partition coefficient (Wildman–Crippen LogP) is 2.51. The highest BCUT2D eigenvalue weighted by molar-refractivity contribution is 5.70. The van der Waals surface area contributed by atoms with Crippen molar-refractivity contribution in [1.29, 1.82) is 0 Å². The van der Waals surface area contributed by atoms with Gasteiger partial charge in [0, 0.05) is 39.8 Å². The van der Waals surface area contributed by atoms with Crippen molar-refractivity contribution in [2.75, 3.05) is 27.2 Å². The maximum atomic E-state index is 12.4. The van der Waals surface area contributed by atoms with Gasteiger partial charge in [0.1, 0.15) is 17.6 Å². The van der Waals surface area contributed by atoms with E-state index >= 15 is 0 Å². The molecule has 0 aromatic heterocycles. The Hall–Kier alpha value is -1.92. The average molecular weight is 364 g/mol. The number of hydrogen-bond donors (Lipinski definition) is 0. The number of amides is 1. The second-order valence-corrected chi connectivity index (χ2v) is 8.51. The molecule has 4 aliphatic rings. The highest BCUT2D eigenvalue weighted by atomic mass is 16.6. The number of piperidine rings is 1. The Kier molecular flexibility index (Phi) is 5.08. The first-order valence-corrected chi connectivity index (χ1v) is 9.65. The Balaban J connectivity index is 1.58. The van der Waals surface area contributed by atoms with E-state index in [0.29, 0.717) is 0 Å². The molecule has 146 valence electrons. The molecule has 3 atom stereocenters. The summed E-state index contributed by atoms with van der Waals surface area (Å²) >= 11 is 0. The summed E-state index contributed by atoms with van der Waals surface area (Å²) in [5.74, 6) is 1.26. The van der Waals surface area contributed by atoms with E-state index < -0.39 is 5.60 Å². The molecular weight excluding hydrogens is 330 g/mol. The fraction of sp³-hybridized carbons (Fsp3) is 0.789. The fourth-order valence-corrected chi connectivity index (χ4v) is 4.12. The van der Waals surface area contributed by atoms with Crippen LogP contribution in [0.15, 0.2) is 17.0 Å². The molecule has 3 saturated heterocycles. The van der Waals surface area contributed by atoms with Crippen molar-refractivity contribution in [3.05, 3.63) is 11.9 Å². The summed E-state index contributed by atoms with van der Waals surface area (Å²) in [6.07, 6.45) is 7.32. The van der Waals surface area contributed by atoms with Crippen LogP contribution in [0.3, 0.4) is 0 Å². The van der Waals surface area contributed by atoms with Crippen LogP contribution in [0.1, 0.15) is 47.0 Å². The van der Waals surface area contributed by atoms with Crippen LogP contribution < -0.4 is 0 Å². The number of nitrogens with zero attached hydrogens (tertiary/aromatic N) is 5. The van der Waals surface area contributed by atoms with Crippen LogP contribution in [-0.2, 0) is 4.74 Å². The lowest BCUT2D eigenvalue weighted by Gasteiger charge is -2.57. The van der Waals surface area contributed by atoms with Gasteiger partial charge in [0.2, 0.25) is 0 Å². The van der Waals surface area contributed by atoms with Crippen LogP contribution in [0.5, 0.6) is 0 Å². The summed E-state index contributed by atoms with van der Waals surface area (Å²) in [7, 11) is 4.16. The third-order valence-corrected chi connectivity index (χ3v) is 5.32. The van der Waals surface area contributed by atoms with Crippen LogP contribution in [0, 0.1) is 0 Å². The number of fused-ring (bicyclic) bond motifs is 2. The topological polar surface area (TPSA) is 51.6 Å². The summed E-state index contributed by atoms with van der Waals surface area (Å²) in [4.78, 5) is 19.1. The third kappa shape index (κ3) is 3.62. The van der Waals surface area contributed by atoms with E-state index in [1.807, 2.05) is 43.9 Å². The molecule has 0 aromatic carbocycles. The quantitative estimate of drug-likeness (QED) is 0.567. The Bertz CT molecular complexity index is 585. The molecule has 7 heteroatoms. The average Bonchev–Trinajstić information content (AvgIpc) is 2.92. The van der Waals surface area contributed by atoms with Crippen LogP contribution in [0.4, 0.5) is 4.79 Å². The van der Waals surface area contributed by atoms with Gasteiger partial charge in [0.05, 0.1) is 12.1 Å². The lowest BCUT2D eigenvalue weighted by molar-refractivity contribution is -0.0753. The summed E-state index contributed by atoms with van der Waals surface area (Å²) in [5, 5.41) is 6.53. The summed E-state index contributed by atoms with van der Waals surface area (Å²) in [5.41, 5.74) is -0.439. The molecule has 0 spiro atoms. The van der Waals surface area contributed by atoms with E-state index in [0.717, 1.165) is 32.4 Å². The van der Waals surface area contributed by atoms with Gasteiger partial charge in [-0.05, 0) is 39.7 Å². The van der Waals surface area contributed by atoms with Crippen LogP contribution in [0.25, 0.3) is 0 Å². The second-order valence-electron chi connectivity index (χ2n) is 8.51. The van der Waals surface area contributed by atoms with Gasteiger partial charge < -0.3 is 14.5 Å². The first kappa shape index (κ1) is 18.9. The van der Waals surface area contributed by atoms with E-state index in [1.165, 1.54) is 5.82 Å². The molecule has 0 radical (unpaired) electrons. The largest absolute Gasteiger partial charge is 0.444 e. The van der Waals surface area contributed by atoms with Crippen molar-refractivity contribution in [3.63, 3.8) is 0 Å². The molecule has 2 bridgehead atoms. The number of piperazine rings is 1. The third-order valence-electron chi connectivity index (χ3n) is 5.32. The van der Waals surface area contributed by atoms with Crippen molar-refractivity contribution < 1.29 is 9.53 Å². The van der Waals surface area contributed by atoms with E-state index in [2.05, 4.69) is 34.9 Å². The minimum absolute atomic E-state index is 0.168. The van der Waals surface area contributed by atoms with E-state index in [4.69, 9.17) is 4.74 Å². The zero-order chi connectivity index (χ0) is 19.1.